The molecule has 0 aliphatic carbocycles. The van der Waals surface area contributed by atoms with E-state index in [0.29, 0.717) is 5.41 Å². The van der Waals surface area contributed by atoms with Gasteiger partial charge in [0.15, 0.2) is 0 Å². The molecule has 0 saturated heterocycles. The molecule has 0 aromatic carbocycles. The summed E-state index contributed by atoms with van der Waals surface area (Å²) in [4.78, 5) is 0. The van der Waals surface area contributed by atoms with E-state index in [0.717, 1.165) is 6.54 Å². The monoisotopic (exact) mass is 151 g/mol. The molecule has 0 bridgehead atoms. The lowest BCUT2D eigenvalue weighted by Crippen LogP contribution is -2.15. The first kappa shape index (κ1) is 8.38. The number of aromatic nitrogens is 1. The topological polar surface area (TPSA) is 4.93 Å². The molecule has 0 unspecified atom stereocenters. The number of aryl methyl sites for hydroxylation is 1. The van der Waals surface area contributed by atoms with Crippen molar-refractivity contribution in [1.29, 1.82) is 0 Å². The summed E-state index contributed by atoms with van der Waals surface area (Å²) in [7, 11) is 0. The third kappa shape index (κ3) is 2.41. The normalized spacial score (nSPS) is 12.0. The highest BCUT2D eigenvalue weighted by molar-refractivity contribution is 5.04. The minimum Gasteiger partial charge on any atom is -0.351 e. The third-order valence-corrected chi connectivity index (χ3v) is 1.70. The molecule has 0 atom stereocenters. The molecule has 0 fully saturated rings. The number of rotatable bonds is 1. The number of hydrogen-bond acceptors (Lipinski definition) is 0. The second kappa shape index (κ2) is 2.72. The lowest BCUT2D eigenvalue weighted by molar-refractivity contribution is 0.341. The summed E-state index contributed by atoms with van der Waals surface area (Å²) < 4.78 is 2.29. The van der Waals surface area contributed by atoms with E-state index in [1.54, 1.807) is 0 Å². The quantitative estimate of drug-likeness (QED) is 0.581. The molecule has 1 aromatic rings. The fraction of sp³-hybridized carbons (Fsp3) is 0.600. The highest BCUT2D eigenvalue weighted by atomic mass is 15.0. The van der Waals surface area contributed by atoms with E-state index in [2.05, 4.69) is 50.6 Å². The SMILES string of the molecule is Cc1cccn1CC(C)(C)C. The van der Waals surface area contributed by atoms with Crippen molar-refractivity contribution in [1.82, 2.24) is 4.57 Å². The summed E-state index contributed by atoms with van der Waals surface area (Å²) in [6, 6.07) is 4.24. The fourth-order valence-electron chi connectivity index (χ4n) is 1.19. The van der Waals surface area contributed by atoms with Gasteiger partial charge in [0.1, 0.15) is 0 Å². The lowest BCUT2D eigenvalue weighted by Gasteiger charge is -2.20. The van der Waals surface area contributed by atoms with Crippen LogP contribution in [0, 0.1) is 12.3 Å². The van der Waals surface area contributed by atoms with Crippen LogP contribution in [0.1, 0.15) is 26.5 Å². The molecular formula is C10H17N. The number of hydrogen-bond donors (Lipinski definition) is 0. The zero-order chi connectivity index (χ0) is 8.48. The Bertz CT molecular complexity index is 227. The van der Waals surface area contributed by atoms with Crippen LogP contribution in [0.15, 0.2) is 18.3 Å². The highest BCUT2D eigenvalue weighted by Gasteiger charge is 2.10. The van der Waals surface area contributed by atoms with Gasteiger partial charge < -0.3 is 4.57 Å². The molecule has 1 aromatic heterocycles. The van der Waals surface area contributed by atoms with Gasteiger partial charge in [0.25, 0.3) is 0 Å². The maximum absolute atomic E-state index is 2.29. The summed E-state index contributed by atoms with van der Waals surface area (Å²) >= 11 is 0. The van der Waals surface area contributed by atoms with Crippen molar-refractivity contribution in [3.63, 3.8) is 0 Å². The Morgan fingerprint density at radius 3 is 2.36 bits per heavy atom. The van der Waals surface area contributed by atoms with Crippen LogP contribution < -0.4 is 0 Å². The second-order valence-corrected chi connectivity index (χ2v) is 4.34. The van der Waals surface area contributed by atoms with Crippen LogP contribution in [0.4, 0.5) is 0 Å². The van der Waals surface area contributed by atoms with Crippen molar-refractivity contribution in [2.24, 2.45) is 5.41 Å². The standard InChI is InChI=1S/C10H17N/c1-9-6-5-7-11(9)8-10(2,3)4/h5-7H,8H2,1-4H3. The van der Waals surface area contributed by atoms with Crippen molar-refractivity contribution in [3.05, 3.63) is 24.0 Å². The molecule has 1 heteroatoms. The maximum Gasteiger partial charge on any atom is 0.0270 e. The Balaban J connectivity index is 2.72. The molecule has 62 valence electrons. The van der Waals surface area contributed by atoms with E-state index in [-0.39, 0.29) is 0 Å². The largest absolute Gasteiger partial charge is 0.351 e. The molecule has 1 nitrogen and oxygen atoms in total. The van der Waals surface area contributed by atoms with Gasteiger partial charge >= 0.3 is 0 Å². The molecule has 0 aliphatic heterocycles. The number of nitrogens with zero attached hydrogens (tertiary/aromatic N) is 1. The van der Waals surface area contributed by atoms with Crippen LogP contribution in [0.5, 0.6) is 0 Å². The Morgan fingerprint density at radius 2 is 2.00 bits per heavy atom. The first-order valence-electron chi connectivity index (χ1n) is 4.11. The van der Waals surface area contributed by atoms with E-state index in [9.17, 15) is 0 Å². The molecule has 0 spiro atoms. The van der Waals surface area contributed by atoms with Crippen LogP contribution in [-0.4, -0.2) is 4.57 Å². The molecule has 11 heavy (non-hydrogen) atoms. The Morgan fingerprint density at radius 1 is 1.36 bits per heavy atom. The van der Waals surface area contributed by atoms with Gasteiger partial charge in [-0.25, -0.2) is 0 Å². The van der Waals surface area contributed by atoms with Crippen LogP contribution >= 0.6 is 0 Å². The second-order valence-electron chi connectivity index (χ2n) is 4.34. The van der Waals surface area contributed by atoms with Crippen molar-refractivity contribution in [3.8, 4) is 0 Å². The molecular weight excluding hydrogens is 134 g/mol. The zero-order valence-electron chi connectivity index (χ0n) is 7.89. The van der Waals surface area contributed by atoms with Gasteiger partial charge in [-0.3, -0.25) is 0 Å². The smallest absolute Gasteiger partial charge is 0.0270 e. The van der Waals surface area contributed by atoms with Crippen LogP contribution in [-0.2, 0) is 6.54 Å². The summed E-state index contributed by atoms with van der Waals surface area (Å²) in [6.07, 6.45) is 2.14. The van der Waals surface area contributed by atoms with Gasteiger partial charge in [0.05, 0.1) is 0 Å². The average Bonchev–Trinajstić information content (AvgIpc) is 2.12. The summed E-state index contributed by atoms with van der Waals surface area (Å²) in [5.41, 5.74) is 1.73. The Labute approximate surface area is 69.0 Å². The first-order valence-corrected chi connectivity index (χ1v) is 4.11. The molecule has 0 amide bonds. The van der Waals surface area contributed by atoms with E-state index in [1.165, 1.54) is 5.69 Å². The van der Waals surface area contributed by atoms with Crippen LogP contribution in [0.25, 0.3) is 0 Å². The minimum absolute atomic E-state index is 0.379. The average molecular weight is 151 g/mol. The predicted molar refractivity (Wildman–Crippen MR) is 48.6 cm³/mol. The summed E-state index contributed by atoms with van der Waals surface area (Å²) in [6.45, 7) is 10.0. The fourth-order valence-corrected chi connectivity index (χ4v) is 1.19. The van der Waals surface area contributed by atoms with Crippen molar-refractivity contribution >= 4 is 0 Å². The van der Waals surface area contributed by atoms with Gasteiger partial charge in [-0.1, -0.05) is 20.8 Å². The summed E-state index contributed by atoms with van der Waals surface area (Å²) in [5.74, 6) is 0. The van der Waals surface area contributed by atoms with Gasteiger partial charge in [-0.05, 0) is 24.5 Å². The minimum atomic E-state index is 0.379. The van der Waals surface area contributed by atoms with Crippen molar-refractivity contribution < 1.29 is 0 Å². The summed E-state index contributed by atoms with van der Waals surface area (Å²) in [5, 5.41) is 0. The van der Waals surface area contributed by atoms with Gasteiger partial charge in [0.2, 0.25) is 0 Å². The van der Waals surface area contributed by atoms with Gasteiger partial charge in [0, 0.05) is 18.4 Å². The molecule has 0 saturated carbocycles. The zero-order valence-corrected chi connectivity index (χ0v) is 7.89. The highest BCUT2D eigenvalue weighted by Crippen LogP contribution is 2.17. The Kier molecular flexibility index (Phi) is 2.08. The Hall–Kier alpha value is -0.720. The van der Waals surface area contributed by atoms with Crippen molar-refractivity contribution in [2.45, 2.75) is 34.2 Å². The van der Waals surface area contributed by atoms with E-state index in [1.807, 2.05) is 0 Å². The molecule has 1 rings (SSSR count). The van der Waals surface area contributed by atoms with E-state index < -0.39 is 0 Å². The van der Waals surface area contributed by atoms with Gasteiger partial charge in [-0.15, -0.1) is 0 Å². The first-order chi connectivity index (χ1) is 4.99. The maximum atomic E-state index is 2.29. The molecule has 1 heterocycles. The van der Waals surface area contributed by atoms with E-state index >= 15 is 0 Å². The predicted octanol–water partition coefficient (Wildman–Crippen LogP) is 2.84. The van der Waals surface area contributed by atoms with Crippen LogP contribution in [0.3, 0.4) is 0 Å². The third-order valence-electron chi connectivity index (χ3n) is 1.70. The molecule has 0 aliphatic rings. The van der Waals surface area contributed by atoms with Crippen LogP contribution in [0.2, 0.25) is 0 Å². The van der Waals surface area contributed by atoms with E-state index in [4.69, 9.17) is 0 Å². The van der Waals surface area contributed by atoms with Gasteiger partial charge in [-0.2, -0.15) is 0 Å². The van der Waals surface area contributed by atoms with Crippen molar-refractivity contribution in [2.75, 3.05) is 0 Å². The molecule has 0 radical (unpaired) electrons. The molecule has 0 N–H and O–H groups in total. The lowest BCUT2D eigenvalue weighted by atomic mass is 9.97.